The molecule has 0 aliphatic rings. The summed E-state index contributed by atoms with van der Waals surface area (Å²) in [6.45, 7) is 3.09. The highest BCUT2D eigenvalue weighted by atomic mass is 35.5. The minimum Gasteiger partial charge on any atom is -0.497 e. The minimum atomic E-state index is -4.14. The van der Waals surface area contributed by atoms with Gasteiger partial charge in [0.2, 0.25) is 5.91 Å². The van der Waals surface area contributed by atoms with Crippen molar-refractivity contribution in [3.8, 4) is 11.5 Å². The Morgan fingerprint density at radius 1 is 1.03 bits per heavy atom. The summed E-state index contributed by atoms with van der Waals surface area (Å²) < 4.78 is 38.8. The summed E-state index contributed by atoms with van der Waals surface area (Å²) in [5.74, 6) is 0.603. The zero-order valence-corrected chi connectivity index (χ0v) is 22.0. The van der Waals surface area contributed by atoms with Gasteiger partial charge in [0.25, 0.3) is 10.0 Å². The lowest BCUT2D eigenvalue weighted by molar-refractivity contribution is -0.120. The van der Waals surface area contributed by atoms with Crippen molar-refractivity contribution >= 4 is 44.8 Å². The van der Waals surface area contributed by atoms with Gasteiger partial charge in [-0.2, -0.15) is 0 Å². The number of carbonyl (C=O) groups excluding carboxylic acids is 1. The van der Waals surface area contributed by atoms with Gasteiger partial charge >= 0.3 is 0 Å². The zero-order valence-electron chi connectivity index (χ0n) is 19.7. The molecule has 0 radical (unpaired) electrons. The number of benzene rings is 3. The van der Waals surface area contributed by atoms with Crippen molar-refractivity contribution in [2.45, 2.75) is 24.8 Å². The zero-order chi connectivity index (χ0) is 25.8. The molecule has 10 heteroatoms. The van der Waals surface area contributed by atoms with E-state index in [0.29, 0.717) is 17.1 Å². The Balaban J connectivity index is 1.96. The molecule has 0 fully saturated rings. The first-order valence-corrected chi connectivity index (χ1v) is 12.8. The predicted octanol–water partition coefficient (Wildman–Crippen LogP) is 5.39. The van der Waals surface area contributed by atoms with Gasteiger partial charge in [-0.15, -0.1) is 0 Å². The van der Waals surface area contributed by atoms with Crippen LogP contribution in [-0.2, 0) is 14.8 Å². The monoisotopic (exact) mass is 536 g/mol. The third-order valence-corrected chi connectivity index (χ3v) is 7.96. The number of sulfonamides is 1. The Bertz CT molecular complexity index is 1310. The number of amides is 1. The van der Waals surface area contributed by atoms with Crippen molar-refractivity contribution in [3.05, 3.63) is 81.8 Å². The van der Waals surface area contributed by atoms with E-state index in [1.54, 1.807) is 49.4 Å². The largest absolute Gasteiger partial charge is 0.497 e. The van der Waals surface area contributed by atoms with Gasteiger partial charge in [0.05, 0.1) is 40.9 Å². The number of nitrogens with one attached hydrogen (secondary N) is 1. The molecule has 0 bridgehead atoms. The summed E-state index contributed by atoms with van der Waals surface area (Å²) in [5.41, 5.74) is 1.67. The first kappa shape index (κ1) is 26.7. The van der Waals surface area contributed by atoms with Crippen LogP contribution >= 0.6 is 23.2 Å². The van der Waals surface area contributed by atoms with Gasteiger partial charge in [-0.3, -0.25) is 9.10 Å². The van der Waals surface area contributed by atoms with Crippen LogP contribution in [0.4, 0.5) is 5.69 Å². The van der Waals surface area contributed by atoms with Crippen LogP contribution in [0.15, 0.2) is 65.6 Å². The summed E-state index contributed by atoms with van der Waals surface area (Å²) in [5, 5.41) is 3.03. The number of hydrogen-bond donors (Lipinski definition) is 1. The second-order valence-corrected chi connectivity index (χ2v) is 10.4. The average molecular weight is 537 g/mol. The van der Waals surface area contributed by atoms with Gasteiger partial charge in [0.1, 0.15) is 18.0 Å². The summed E-state index contributed by atoms with van der Waals surface area (Å²) in [6.07, 6.45) is 0. The van der Waals surface area contributed by atoms with Crippen LogP contribution in [0.5, 0.6) is 11.5 Å². The van der Waals surface area contributed by atoms with E-state index in [-0.39, 0.29) is 20.6 Å². The van der Waals surface area contributed by atoms with Gasteiger partial charge in [0, 0.05) is 5.56 Å². The van der Waals surface area contributed by atoms with Crippen LogP contribution in [-0.4, -0.2) is 35.1 Å². The second kappa shape index (κ2) is 11.2. The molecule has 0 aliphatic heterocycles. The second-order valence-electron chi connectivity index (χ2n) is 7.79. The Kier molecular flexibility index (Phi) is 8.53. The SMILES string of the molecule is COc1ccc(OC)c([C@@H](C)NC(=O)CN(c2cccc(Cl)c2Cl)S(=O)(=O)c2ccc(C)cc2)c1. The quantitative estimate of drug-likeness (QED) is 0.396. The highest BCUT2D eigenvalue weighted by Gasteiger charge is 2.30. The highest BCUT2D eigenvalue weighted by Crippen LogP contribution is 2.35. The van der Waals surface area contributed by atoms with Crippen molar-refractivity contribution in [1.29, 1.82) is 0 Å². The van der Waals surface area contributed by atoms with E-state index in [1.807, 2.05) is 6.92 Å². The Morgan fingerprint density at radius 3 is 2.34 bits per heavy atom. The molecule has 0 unspecified atom stereocenters. The summed E-state index contributed by atoms with van der Waals surface area (Å²) >= 11 is 12.5. The molecule has 1 N–H and O–H groups in total. The molecule has 7 nitrogen and oxygen atoms in total. The number of aryl methyl sites for hydroxylation is 1. The van der Waals surface area contributed by atoms with Crippen molar-refractivity contribution in [2.24, 2.45) is 0 Å². The molecule has 0 saturated heterocycles. The fourth-order valence-corrected chi connectivity index (χ4v) is 5.38. The number of hydrogen-bond acceptors (Lipinski definition) is 5. The van der Waals surface area contributed by atoms with Crippen LogP contribution in [0.1, 0.15) is 24.1 Å². The number of nitrogens with zero attached hydrogens (tertiary/aromatic N) is 1. The van der Waals surface area contributed by atoms with E-state index in [1.165, 1.54) is 32.4 Å². The molecule has 3 aromatic carbocycles. The van der Waals surface area contributed by atoms with E-state index in [9.17, 15) is 13.2 Å². The number of halogens is 2. The van der Waals surface area contributed by atoms with Gasteiger partial charge < -0.3 is 14.8 Å². The van der Waals surface area contributed by atoms with Crippen molar-refractivity contribution < 1.29 is 22.7 Å². The highest BCUT2D eigenvalue weighted by molar-refractivity contribution is 7.92. The van der Waals surface area contributed by atoms with Crippen LogP contribution < -0.4 is 19.1 Å². The first-order chi connectivity index (χ1) is 16.6. The fraction of sp³-hybridized carbons (Fsp3) is 0.240. The number of carbonyl (C=O) groups is 1. The predicted molar refractivity (Wildman–Crippen MR) is 138 cm³/mol. The molecular formula is C25H26Cl2N2O5S. The Hall–Kier alpha value is -2.94. The third kappa shape index (κ3) is 6.01. The van der Waals surface area contributed by atoms with Crippen LogP contribution in [0.25, 0.3) is 0 Å². The number of anilines is 1. The molecule has 186 valence electrons. The first-order valence-electron chi connectivity index (χ1n) is 10.6. The summed E-state index contributed by atoms with van der Waals surface area (Å²) in [6, 6.07) is 15.7. The Labute approximate surface area is 215 Å². The van der Waals surface area contributed by atoms with Gasteiger partial charge in [0.15, 0.2) is 0 Å². The molecule has 35 heavy (non-hydrogen) atoms. The molecule has 0 spiro atoms. The minimum absolute atomic E-state index is 0.0226. The van der Waals surface area contributed by atoms with E-state index >= 15 is 0 Å². The maximum absolute atomic E-state index is 13.6. The van der Waals surface area contributed by atoms with E-state index < -0.39 is 28.5 Å². The number of rotatable bonds is 9. The fourth-order valence-electron chi connectivity index (χ4n) is 3.50. The van der Waals surface area contributed by atoms with Crippen molar-refractivity contribution in [1.82, 2.24) is 5.32 Å². The third-order valence-electron chi connectivity index (χ3n) is 5.38. The van der Waals surface area contributed by atoms with E-state index in [2.05, 4.69) is 5.32 Å². The molecule has 1 amide bonds. The van der Waals surface area contributed by atoms with Gasteiger partial charge in [-0.05, 0) is 56.3 Å². The standard InChI is InChI=1S/C25H26Cl2N2O5S/c1-16-8-11-19(12-9-16)35(31,32)29(22-7-5-6-21(26)25(22)27)15-24(30)28-17(2)20-14-18(33-3)10-13-23(20)34-4/h5-14,17H,15H2,1-4H3,(H,28,30)/t17-/m1/s1. The molecule has 0 aromatic heterocycles. The van der Waals surface area contributed by atoms with Crippen LogP contribution in [0.2, 0.25) is 10.0 Å². The lowest BCUT2D eigenvalue weighted by Gasteiger charge is -2.26. The average Bonchev–Trinajstić information content (AvgIpc) is 2.84. The molecule has 0 saturated carbocycles. The molecule has 1 atom stereocenters. The Morgan fingerprint density at radius 2 is 1.71 bits per heavy atom. The van der Waals surface area contributed by atoms with E-state index in [0.717, 1.165) is 9.87 Å². The van der Waals surface area contributed by atoms with Crippen LogP contribution in [0, 0.1) is 6.92 Å². The van der Waals surface area contributed by atoms with Crippen LogP contribution in [0.3, 0.4) is 0 Å². The number of methoxy groups -OCH3 is 2. The summed E-state index contributed by atoms with van der Waals surface area (Å²) in [4.78, 5) is 13.2. The molecule has 0 aliphatic carbocycles. The van der Waals surface area contributed by atoms with E-state index in [4.69, 9.17) is 32.7 Å². The maximum atomic E-state index is 13.6. The number of ether oxygens (including phenoxy) is 2. The molecular weight excluding hydrogens is 511 g/mol. The lowest BCUT2D eigenvalue weighted by Crippen LogP contribution is -2.41. The molecule has 0 heterocycles. The van der Waals surface area contributed by atoms with Crippen molar-refractivity contribution in [2.75, 3.05) is 25.1 Å². The smallest absolute Gasteiger partial charge is 0.264 e. The van der Waals surface area contributed by atoms with Gasteiger partial charge in [-0.1, -0.05) is 47.0 Å². The normalized spacial score (nSPS) is 12.1. The van der Waals surface area contributed by atoms with Gasteiger partial charge in [-0.25, -0.2) is 8.42 Å². The summed E-state index contributed by atoms with van der Waals surface area (Å²) in [7, 11) is -1.08. The molecule has 3 rings (SSSR count). The maximum Gasteiger partial charge on any atom is 0.264 e. The van der Waals surface area contributed by atoms with Crippen molar-refractivity contribution in [3.63, 3.8) is 0 Å². The topological polar surface area (TPSA) is 84.9 Å². The lowest BCUT2D eigenvalue weighted by atomic mass is 10.1. The molecule has 3 aromatic rings.